The van der Waals surface area contributed by atoms with Gasteiger partial charge in [-0.2, -0.15) is 0 Å². The molecule has 1 unspecified atom stereocenters. The minimum atomic E-state index is 0.366. The van der Waals surface area contributed by atoms with E-state index in [9.17, 15) is 0 Å². The summed E-state index contributed by atoms with van der Waals surface area (Å²) in [7, 11) is 1.84. The maximum Gasteiger partial charge on any atom is 0.191 e. The molecule has 24 heavy (non-hydrogen) atoms. The Bertz CT molecular complexity index is 583. The second-order valence-electron chi connectivity index (χ2n) is 7.33. The van der Waals surface area contributed by atoms with E-state index in [1.54, 1.807) is 6.20 Å². The average Bonchev–Trinajstić information content (AvgIpc) is 3.21. The first-order valence-corrected chi connectivity index (χ1v) is 9.30. The number of hydrogen-bond acceptors (Lipinski definition) is 3. The third-order valence-electron chi connectivity index (χ3n) is 5.28. The van der Waals surface area contributed by atoms with Crippen LogP contribution < -0.4 is 15.5 Å². The van der Waals surface area contributed by atoms with Gasteiger partial charge < -0.3 is 15.5 Å². The number of hydrogen-bond donors (Lipinski definition) is 2. The molecule has 0 bridgehead atoms. The van der Waals surface area contributed by atoms with Crippen LogP contribution in [0.5, 0.6) is 0 Å². The molecule has 1 aromatic heterocycles. The molecule has 0 radical (unpaired) electrons. The molecule has 0 amide bonds. The Morgan fingerprint density at radius 3 is 2.96 bits per heavy atom. The first-order valence-electron chi connectivity index (χ1n) is 8.92. The van der Waals surface area contributed by atoms with Crippen molar-refractivity contribution in [3.05, 3.63) is 23.4 Å². The number of nitrogens with one attached hydrogen (secondary N) is 2. The summed E-state index contributed by atoms with van der Waals surface area (Å²) in [5.41, 5.74) is 0.417. The lowest BCUT2D eigenvalue weighted by Gasteiger charge is -2.26. The van der Waals surface area contributed by atoms with Gasteiger partial charge in [-0.25, -0.2) is 4.98 Å². The number of pyridine rings is 1. The Labute approximate surface area is 149 Å². The van der Waals surface area contributed by atoms with Crippen molar-refractivity contribution in [1.29, 1.82) is 0 Å². The monoisotopic (exact) mass is 349 g/mol. The molecule has 1 saturated carbocycles. The average molecular weight is 350 g/mol. The highest BCUT2D eigenvalue weighted by molar-refractivity contribution is 6.32. The quantitative estimate of drug-likeness (QED) is 0.648. The van der Waals surface area contributed by atoms with Crippen molar-refractivity contribution in [2.24, 2.45) is 10.4 Å². The van der Waals surface area contributed by atoms with Crippen molar-refractivity contribution in [3.8, 4) is 0 Å². The van der Waals surface area contributed by atoms with Crippen molar-refractivity contribution >= 4 is 23.4 Å². The first-order chi connectivity index (χ1) is 11.6. The summed E-state index contributed by atoms with van der Waals surface area (Å²) in [5.74, 6) is 1.78. The molecule has 132 valence electrons. The third-order valence-corrected chi connectivity index (χ3v) is 5.58. The van der Waals surface area contributed by atoms with Gasteiger partial charge in [0, 0.05) is 38.9 Å². The fourth-order valence-electron chi connectivity index (χ4n) is 3.77. The van der Waals surface area contributed by atoms with Crippen LogP contribution in [0.15, 0.2) is 23.3 Å². The minimum absolute atomic E-state index is 0.366. The number of guanidine groups is 1. The van der Waals surface area contributed by atoms with Crippen molar-refractivity contribution in [1.82, 2.24) is 15.6 Å². The van der Waals surface area contributed by atoms with Crippen LogP contribution in [0, 0.1) is 5.41 Å². The molecular formula is C18H28ClN5. The van der Waals surface area contributed by atoms with Crippen molar-refractivity contribution < 1.29 is 0 Å². The Morgan fingerprint density at radius 2 is 2.25 bits per heavy atom. The summed E-state index contributed by atoms with van der Waals surface area (Å²) in [6.07, 6.45) is 8.19. The molecule has 0 spiro atoms. The molecule has 3 rings (SSSR count). The Morgan fingerprint density at radius 1 is 1.46 bits per heavy atom. The lowest BCUT2D eigenvalue weighted by molar-refractivity contribution is 0.333. The second kappa shape index (κ2) is 7.60. The molecule has 5 nitrogen and oxygen atoms in total. The molecule has 2 aliphatic rings. The van der Waals surface area contributed by atoms with Crippen LogP contribution >= 0.6 is 11.6 Å². The van der Waals surface area contributed by atoms with E-state index in [0.29, 0.717) is 11.5 Å². The Hall–Kier alpha value is -1.49. The van der Waals surface area contributed by atoms with E-state index < -0.39 is 0 Å². The molecule has 6 heteroatoms. The van der Waals surface area contributed by atoms with Crippen LogP contribution in [0.3, 0.4) is 0 Å². The van der Waals surface area contributed by atoms with Gasteiger partial charge >= 0.3 is 0 Å². The summed E-state index contributed by atoms with van der Waals surface area (Å²) in [5, 5.41) is 7.79. The fraction of sp³-hybridized carbons (Fsp3) is 0.667. The van der Waals surface area contributed by atoms with Gasteiger partial charge in [0.1, 0.15) is 5.82 Å². The van der Waals surface area contributed by atoms with Gasteiger partial charge in [-0.3, -0.25) is 4.99 Å². The summed E-state index contributed by atoms with van der Waals surface area (Å²) in [4.78, 5) is 11.0. The smallest absolute Gasteiger partial charge is 0.191 e. The Balaban J connectivity index is 1.51. The molecule has 1 aliphatic carbocycles. The van der Waals surface area contributed by atoms with Crippen LogP contribution in [0.25, 0.3) is 0 Å². The molecule has 1 atom stereocenters. The zero-order valence-corrected chi connectivity index (χ0v) is 15.4. The van der Waals surface area contributed by atoms with Crippen LogP contribution in [0.1, 0.15) is 39.0 Å². The predicted octanol–water partition coefficient (Wildman–Crippen LogP) is 3.06. The number of rotatable bonds is 4. The first kappa shape index (κ1) is 17.3. The van der Waals surface area contributed by atoms with E-state index >= 15 is 0 Å². The van der Waals surface area contributed by atoms with E-state index in [1.807, 2.05) is 19.2 Å². The van der Waals surface area contributed by atoms with Crippen LogP contribution in [0.2, 0.25) is 5.02 Å². The maximum atomic E-state index is 6.26. The van der Waals surface area contributed by atoms with E-state index in [2.05, 4.69) is 32.4 Å². The van der Waals surface area contributed by atoms with Gasteiger partial charge in [0.15, 0.2) is 5.96 Å². The van der Waals surface area contributed by atoms with Gasteiger partial charge in [-0.15, -0.1) is 0 Å². The molecule has 1 saturated heterocycles. The largest absolute Gasteiger partial charge is 0.356 e. The Kier molecular flexibility index (Phi) is 5.49. The van der Waals surface area contributed by atoms with Crippen LogP contribution in [-0.2, 0) is 0 Å². The zero-order chi connectivity index (χ0) is 17.0. The van der Waals surface area contributed by atoms with Crippen LogP contribution in [0.4, 0.5) is 5.82 Å². The lowest BCUT2D eigenvalue weighted by Crippen LogP contribution is -2.47. The predicted molar refractivity (Wildman–Crippen MR) is 101 cm³/mol. The third kappa shape index (κ3) is 4.12. The van der Waals surface area contributed by atoms with Gasteiger partial charge in [0.2, 0.25) is 0 Å². The van der Waals surface area contributed by atoms with Crippen molar-refractivity contribution in [2.75, 3.05) is 31.6 Å². The molecular weight excluding hydrogens is 322 g/mol. The molecule has 2 N–H and O–H groups in total. The number of aliphatic imine (C=N–C) groups is 1. The number of nitrogens with zero attached hydrogens (tertiary/aromatic N) is 3. The number of aromatic nitrogens is 1. The molecule has 2 heterocycles. The molecule has 0 aromatic carbocycles. The van der Waals surface area contributed by atoms with Crippen LogP contribution in [-0.4, -0.2) is 43.7 Å². The standard InChI is InChI=1S/C18H28ClN5/c1-18(8-3-4-9-18)13-22-17(20-2)23-14-7-11-24(12-14)16-15(19)6-5-10-21-16/h5-6,10,14H,3-4,7-9,11-13H2,1-2H3,(H2,20,22,23). The summed E-state index contributed by atoms with van der Waals surface area (Å²) in [6.45, 7) is 5.23. The molecule has 2 fully saturated rings. The van der Waals surface area contributed by atoms with Crippen molar-refractivity contribution in [3.63, 3.8) is 0 Å². The number of halogens is 1. The van der Waals surface area contributed by atoms with Gasteiger partial charge in [0.05, 0.1) is 5.02 Å². The normalized spacial score (nSPS) is 23.5. The van der Waals surface area contributed by atoms with Gasteiger partial charge in [-0.05, 0) is 36.8 Å². The van der Waals surface area contributed by atoms with E-state index in [1.165, 1.54) is 25.7 Å². The van der Waals surface area contributed by atoms with Gasteiger partial charge in [0.25, 0.3) is 0 Å². The number of anilines is 1. The van der Waals surface area contributed by atoms with Crippen molar-refractivity contribution in [2.45, 2.75) is 45.1 Å². The summed E-state index contributed by atoms with van der Waals surface area (Å²) < 4.78 is 0. The van der Waals surface area contributed by atoms with E-state index in [4.69, 9.17) is 11.6 Å². The zero-order valence-electron chi connectivity index (χ0n) is 14.7. The second-order valence-corrected chi connectivity index (χ2v) is 7.74. The minimum Gasteiger partial charge on any atom is -0.356 e. The van der Waals surface area contributed by atoms with E-state index in [0.717, 1.165) is 42.9 Å². The topological polar surface area (TPSA) is 52.6 Å². The highest BCUT2D eigenvalue weighted by Gasteiger charge is 2.29. The fourth-order valence-corrected chi connectivity index (χ4v) is 4.01. The maximum absolute atomic E-state index is 6.26. The molecule has 1 aromatic rings. The molecule has 1 aliphatic heterocycles. The van der Waals surface area contributed by atoms with Gasteiger partial charge in [-0.1, -0.05) is 31.4 Å². The SMILES string of the molecule is CN=C(NCC1(C)CCCC1)NC1CCN(c2ncccc2Cl)C1. The summed E-state index contributed by atoms with van der Waals surface area (Å²) >= 11 is 6.26. The summed E-state index contributed by atoms with van der Waals surface area (Å²) in [6, 6.07) is 4.13. The lowest BCUT2D eigenvalue weighted by atomic mass is 9.89. The van der Waals surface area contributed by atoms with E-state index in [-0.39, 0.29) is 0 Å². The highest BCUT2D eigenvalue weighted by Crippen LogP contribution is 2.36. The highest BCUT2D eigenvalue weighted by atomic mass is 35.5.